The molecule has 2 aliphatic carbocycles. The van der Waals surface area contributed by atoms with Gasteiger partial charge in [0.1, 0.15) is 0 Å². The molecule has 4 rings (SSSR count). The standard InChI is InChI=1S/C21H20/c1-15-20(17-11-7-4-8-12-17)19-14-21(15,2)13-18(19)16-9-5-3-6-10-16/h3-12H,13-14H2,1-2H3. The number of fused-ring (bicyclic) bond motifs is 2. The van der Waals surface area contributed by atoms with Crippen molar-refractivity contribution in [3.63, 3.8) is 0 Å². The maximum atomic E-state index is 2.42. The number of allylic oxidation sites excluding steroid dienone is 4. The van der Waals surface area contributed by atoms with Gasteiger partial charge in [-0.2, -0.15) is 0 Å². The summed E-state index contributed by atoms with van der Waals surface area (Å²) in [6.07, 6.45) is 2.39. The molecular formula is C21H20. The van der Waals surface area contributed by atoms with Crippen LogP contribution in [0.25, 0.3) is 11.1 Å². The molecule has 0 radical (unpaired) electrons. The highest BCUT2D eigenvalue weighted by Gasteiger charge is 2.44. The first-order valence-corrected chi connectivity index (χ1v) is 7.74. The second kappa shape index (κ2) is 4.46. The summed E-state index contributed by atoms with van der Waals surface area (Å²) in [7, 11) is 0. The maximum Gasteiger partial charge on any atom is -0.00285 e. The van der Waals surface area contributed by atoms with E-state index < -0.39 is 0 Å². The Bertz CT molecular complexity index is 747. The van der Waals surface area contributed by atoms with Crippen molar-refractivity contribution < 1.29 is 0 Å². The van der Waals surface area contributed by atoms with Crippen LogP contribution < -0.4 is 0 Å². The van der Waals surface area contributed by atoms with E-state index >= 15 is 0 Å². The quantitative estimate of drug-likeness (QED) is 0.655. The van der Waals surface area contributed by atoms with Crippen molar-refractivity contribution in [2.24, 2.45) is 5.41 Å². The minimum Gasteiger partial charge on any atom is -0.0622 e. The van der Waals surface area contributed by atoms with E-state index in [0.29, 0.717) is 5.41 Å². The largest absolute Gasteiger partial charge is 0.0622 e. The Morgan fingerprint density at radius 1 is 0.714 bits per heavy atom. The van der Waals surface area contributed by atoms with Crippen LogP contribution in [0.15, 0.2) is 71.8 Å². The van der Waals surface area contributed by atoms with Gasteiger partial charge in [-0.25, -0.2) is 0 Å². The van der Waals surface area contributed by atoms with Crippen molar-refractivity contribution in [3.8, 4) is 0 Å². The molecule has 0 spiro atoms. The van der Waals surface area contributed by atoms with Crippen molar-refractivity contribution in [3.05, 3.63) is 82.9 Å². The Labute approximate surface area is 126 Å². The van der Waals surface area contributed by atoms with Crippen LogP contribution in [0, 0.1) is 5.41 Å². The zero-order valence-corrected chi connectivity index (χ0v) is 12.7. The summed E-state index contributed by atoms with van der Waals surface area (Å²) in [6.45, 7) is 4.76. The lowest BCUT2D eigenvalue weighted by molar-refractivity contribution is 0.447. The monoisotopic (exact) mass is 272 g/mol. The molecule has 104 valence electrons. The third-order valence-electron chi connectivity index (χ3n) is 5.26. The number of hydrogen-bond acceptors (Lipinski definition) is 0. The van der Waals surface area contributed by atoms with E-state index in [0.717, 1.165) is 0 Å². The highest BCUT2D eigenvalue weighted by Crippen LogP contribution is 2.61. The summed E-state index contributed by atoms with van der Waals surface area (Å²) in [5, 5.41) is 0. The lowest BCUT2D eigenvalue weighted by atomic mass is 9.78. The van der Waals surface area contributed by atoms with Crippen LogP contribution in [-0.2, 0) is 0 Å². The molecule has 1 unspecified atom stereocenters. The van der Waals surface area contributed by atoms with E-state index in [1.54, 1.807) is 16.7 Å². The van der Waals surface area contributed by atoms with Gasteiger partial charge in [0.15, 0.2) is 0 Å². The summed E-state index contributed by atoms with van der Waals surface area (Å²) >= 11 is 0. The predicted octanol–water partition coefficient (Wildman–Crippen LogP) is 5.73. The summed E-state index contributed by atoms with van der Waals surface area (Å²) in [4.78, 5) is 0. The first-order chi connectivity index (χ1) is 10.2. The minimum atomic E-state index is 0.325. The zero-order valence-electron chi connectivity index (χ0n) is 12.7. The molecule has 2 aliphatic rings. The molecular weight excluding hydrogens is 252 g/mol. The molecule has 1 atom stereocenters. The molecule has 0 amide bonds. The van der Waals surface area contributed by atoms with Gasteiger partial charge in [-0.1, -0.05) is 73.2 Å². The molecule has 0 heteroatoms. The van der Waals surface area contributed by atoms with Crippen molar-refractivity contribution in [2.75, 3.05) is 0 Å². The Morgan fingerprint density at radius 2 is 1.24 bits per heavy atom. The third-order valence-corrected chi connectivity index (χ3v) is 5.26. The van der Waals surface area contributed by atoms with Crippen molar-refractivity contribution in [1.29, 1.82) is 0 Å². The SMILES string of the molecule is CC1=C(c2ccccc2)C2=C(c3ccccc3)CC1(C)C2. The third kappa shape index (κ3) is 1.82. The van der Waals surface area contributed by atoms with Gasteiger partial charge < -0.3 is 0 Å². The summed E-state index contributed by atoms with van der Waals surface area (Å²) in [6, 6.07) is 21.8. The van der Waals surface area contributed by atoms with Crippen LogP contribution in [0.4, 0.5) is 0 Å². The van der Waals surface area contributed by atoms with Crippen LogP contribution in [0.5, 0.6) is 0 Å². The van der Waals surface area contributed by atoms with Gasteiger partial charge in [0.2, 0.25) is 0 Å². The fraction of sp³-hybridized carbons (Fsp3) is 0.238. The Morgan fingerprint density at radius 3 is 1.81 bits per heavy atom. The van der Waals surface area contributed by atoms with Crippen LogP contribution in [0.1, 0.15) is 37.8 Å². The second-order valence-corrected chi connectivity index (χ2v) is 6.60. The molecule has 0 nitrogen and oxygen atoms in total. The lowest BCUT2D eigenvalue weighted by Gasteiger charge is -2.26. The molecule has 0 fully saturated rings. The average Bonchev–Trinajstić information content (AvgIpc) is 3.00. The van der Waals surface area contributed by atoms with E-state index in [1.165, 1.54) is 29.5 Å². The van der Waals surface area contributed by atoms with E-state index in [1.807, 2.05) is 0 Å². The van der Waals surface area contributed by atoms with Crippen molar-refractivity contribution >= 4 is 11.1 Å². The van der Waals surface area contributed by atoms with Gasteiger partial charge in [-0.3, -0.25) is 0 Å². The molecule has 0 saturated heterocycles. The normalized spacial score (nSPS) is 24.1. The van der Waals surface area contributed by atoms with E-state index in [2.05, 4.69) is 74.5 Å². The lowest BCUT2D eigenvalue weighted by Crippen LogP contribution is -2.12. The topological polar surface area (TPSA) is 0 Å². The average molecular weight is 272 g/mol. The molecule has 2 aromatic carbocycles. The molecule has 0 aromatic heterocycles. The van der Waals surface area contributed by atoms with Crippen molar-refractivity contribution in [1.82, 2.24) is 0 Å². The van der Waals surface area contributed by atoms with Gasteiger partial charge in [0.05, 0.1) is 0 Å². The molecule has 21 heavy (non-hydrogen) atoms. The van der Waals surface area contributed by atoms with Gasteiger partial charge in [-0.05, 0) is 53.0 Å². The van der Waals surface area contributed by atoms with E-state index in [4.69, 9.17) is 0 Å². The molecule has 0 heterocycles. The fourth-order valence-corrected chi connectivity index (χ4v) is 4.00. The highest BCUT2D eigenvalue weighted by atomic mass is 14.5. The highest BCUT2D eigenvalue weighted by molar-refractivity contribution is 5.97. The molecule has 2 bridgehead atoms. The first kappa shape index (κ1) is 12.6. The molecule has 0 N–H and O–H groups in total. The second-order valence-electron chi connectivity index (χ2n) is 6.60. The summed E-state index contributed by atoms with van der Waals surface area (Å²) in [5.41, 5.74) is 9.31. The predicted molar refractivity (Wildman–Crippen MR) is 89.7 cm³/mol. The zero-order chi connectivity index (χ0) is 14.4. The summed E-state index contributed by atoms with van der Waals surface area (Å²) < 4.78 is 0. The van der Waals surface area contributed by atoms with Crippen LogP contribution in [0.2, 0.25) is 0 Å². The van der Waals surface area contributed by atoms with Crippen LogP contribution in [-0.4, -0.2) is 0 Å². The van der Waals surface area contributed by atoms with Crippen molar-refractivity contribution in [2.45, 2.75) is 26.7 Å². The van der Waals surface area contributed by atoms with Crippen LogP contribution in [0.3, 0.4) is 0 Å². The Hall–Kier alpha value is -2.08. The Kier molecular flexibility index (Phi) is 2.68. The van der Waals surface area contributed by atoms with E-state index in [-0.39, 0.29) is 0 Å². The first-order valence-electron chi connectivity index (χ1n) is 7.74. The fourth-order valence-electron chi connectivity index (χ4n) is 4.00. The molecule has 2 aromatic rings. The number of benzene rings is 2. The number of rotatable bonds is 2. The van der Waals surface area contributed by atoms with Crippen LogP contribution >= 0.6 is 0 Å². The Balaban J connectivity index is 1.91. The molecule has 0 aliphatic heterocycles. The van der Waals surface area contributed by atoms with Gasteiger partial charge in [-0.15, -0.1) is 0 Å². The smallest absolute Gasteiger partial charge is 0.00285 e. The maximum absolute atomic E-state index is 2.42. The summed E-state index contributed by atoms with van der Waals surface area (Å²) in [5.74, 6) is 0. The van der Waals surface area contributed by atoms with Gasteiger partial charge in [0, 0.05) is 0 Å². The minimum absolute atomic E-state index is 0.325. The van der Waals surface area contributed by atoms with Gasteiger partial charge in [0.25, 0.3) is 0 Å². The van der Waals surface area contributed by atoms with Gasteiger partial charge >= 0.3 is 0 Å². The molecule has 0 saturated carbocycles. The number of hydrogen-bond donors (Lipinski definition) is 0. The van der Waals surface area contributed by atoms with E-state index in [9.17, 15) is 0 Å².